The number of nitrogens with zero attached hydrogens (tertiary/aromatic N) is 1. The first-order valence-electron chi connectivity index (χ1n) is 6.45. The van der Waals surface area contributed by atoms with Crippen LogP contribution in [0.4, 0.5) is 0 Å². The zero-order valence-corrected chi connectivity index (χ0v) is 11.4. The van der Waals surface area contributed by atoms with E-state index in [1.165, 1.54) is 38.6 Å². The van der Waals surface area contributed by atoms with E-state index in [-0.39, 0.29) is 5.54 Å². The minimum absolute atomic E-state index is 0.275. The molecule has 0 radical (unpaired) electrons. The summed E-state index contributed by atoms with van der Waals surface area (Å²) in [6, 6.07) is 0. The maximum atomic E-state index is 3.58. The molecule has 92 valence electrons. The fourth-order valence-corrected chi connectivity index (χ4v) is 1.36. The van der Waals surface area contributed by atoms with E-state index in [0.717, 1.165) is 6.67 Å². The lowest BCUT2D eigenvalue weighted by Gasteiger charge is -2.28. The first kappa shape index (κ1) is 14.9. The third-order valence-corrected chi connectivity index (χ3v) is 3.10. The predicted molar refractivity (Wildman–Crippen MR) is 69.1 cm³/mol. The highest BCUT2D eigenvalue weighted by Crippen LogP contribution is 2.06. The molecule has 0 aromatic rings. The zero-order valence-electron chi connectivity index (χ0n) is 11.4. The molecule has 1 N–H and O–H groups in total. The van der Waals surface area contributed by atoms with E-state index in [1.54, 1.807) is 0 Å². The topological polar surface area (TPSA) is 15.3 Å². The van der Waals surface area contributed by atoms with Crippen molar-refractivity contribution < 1.29 is 0 Å². The highest BCUT2D eigenvalue weighted by molar-refractivity contribution is 4.74. The molecular formula is C13H30N2. The molecular weight excluding hydrogens is 184 g/mol. The molecule has 0 aliphatic heterocycles. The molecule has 0 fully saturated rings. The summed E-state index contributed by atoms with van der Waals surface area (Å²) >= 11 is 0. The molecule has 0 aliphatic carbocycles. The minimum Gasteiger partial charge on any atom is -0.299 e. The van der Waals surface area contributed by atoms with Crippen molar-refractivity contribution in [2.45, 2.75) is 65.3 Å². The van der Waals surface area contributed by atoms with Crippen molar-refractivity contribution in [3.63, 3.8) is 0 Å². The van der Waals surface area contributed by atoms with Gasteiger partial charge in [0, 0.05) is 12.2 Å². The number of hydrogen-bond acceptors (Lipinski definition) is 2. The summed E-state index contributed by atoms with van der Waals surface area (Å²) in [5.74, 6) is 0. The molecule has 0 atom stereocenters. The summed E-state index contributed by atoms with van der Waals surface area (Å²) in [7, 11) is 2.20. The molecule has 15 heavy (non-hydrogen) atoms. The van der Waals surface area contributed by atoms with Gasteiger partial charge in [-0.15, -0.1) is 0 Å². The van der Waals surface area contributed by atoms with E-state index < -0.39 is 0 Å². The van der Waals surface area contributed by atoms with Gasteiger partial charge in [-0.25, -0.2) is 0 Å². The molecule has 0 unspecified atom stereocenters. The van der Waals surface area contributed by atoms with Crippen LogP contribution >= 0.6 is 0 Å². The summed E-state index contributed by atoms with van der Waals surface area (Å²) < 4.78 is 0. The van der Waals surface area contributed by atoms with Crippen molar-refractivity contribution in [1.29, 1.82) is 0 Å². The van der Waals surface area contributed by atoms with Crippen LogP contribution in [0.25, 0.3) is 0 Å². The number of rotatable bonds is 9. The maximum Gasteiger partial charge on any atom is 0.0481 e. The van der Waals surface area contributed by atoms with Crippen molar-refractivity contribution in [1.82, 2.24) is 10.2 Å². The van der Waals surface area contributed by atoms with Crippen LogP contribution in [0.5, 0.6) is 0 Å². The van der Waals surface area contributed by atoms with Gasteiger partial charge in [0.05, 0.1) is 0 Å². The second-order valence-corrected chi connectivity index (χ2v) is 5.21. The standard InChI is InChI=1S/C13H30N2/c1-6-8-9-10-11-15(5)12-14-13(3,4)7-2/h14H,6-12H2,1-5H3. The lowest BCUT2D eigenvalue weighted by molar-refractivity contribution is 0.245. The molecule has 2 nitrogen and oxygen atoms in total. The number of unbranched alkanes of at least 4 members (excludes halogenated alkanes) is 3. The van der Waals surface area contributed by atoms with Crippen molar-refractivity contribution in [2.75, 3.05) is 20.3 Å². The maximum absolute atomic E-state index is 3.58. The second kappa shape index (κ2) is 8.12. The lowest BCUT2D eigenvalue weighted by atomic mass is 10.0. The highest BCUT2D eigenvalue weighted by atomic mass is 15.2. The van der Waals surface area contributed by atoms with Gasteiger partial charge in [0.15, 0.2) is 0 Å². The van der Waals surface area contributed by atoms with Gasteiger partial charge >= 0.3 is 0 Å². The summed E-state index contributed by atoms with van der Waals surface area (Å²) in [4.78, 5) is 2.38. The van der Waals surface area contributed by atoms with E-state index in [1.807, 2.05) is 0 Å². The fraction of sp³-hybridized carbons (Fsp3) is 1.00. The third kappa shape index (κ3) is 8.88. The van der Waals surface area contributed by atoms with Gasteiger partial charge in [-0.2, -0.15) is 0 Å². The normalized spacial score (nSPS) is 12.4. The number of nitrogens with one attached hydrogen (secondary N) is 1. The minimum atomic E-state index is 0.275. The molecule has 0 amide bonds. The average molecular weight is 214 g/mol. The Hall–Kier alpha value is -0.0800. The first-order valence-corrected chi connectivity index (χ1v) is 6.45. The van der Waals surface area contributed by atoms with Gasteiger partial charge in [-0.3, -0.25) is 10.2 Å². The van der Waals surface area contributed by atoms with Crippen molar-refractivity contribution in [2.24, 2.45) is 0 Å². The fourth-order valence-electron chi connectivity index (χ4n) is 1.36. The van der Waals surface area contributed by atoms with Gasteiger partial charge in [0.1, 0.15) is 0 Å². The van der Waals surface area contributed by atoms with Gasteiger partial charge < -0.3 is 0 Å². The Morgan fingerprint density at radius 2 is 1.73 bits per heavy atom. The Morgan fingerprint density at radius 1 is 1.07 bits per heavy atom. The van der Waals surface area contributed by atoms with Crippen LogP contribution in [0.3, 0.4) is 0 Å². The molecule has 0 saturated heterocycles. The van der Waals surface area contributed by atoms with Crippen LogP contribution in [0.15, 0.2) is 0 Å². The highest BCUT2D eigenvalue weighted by Gasteiger charge is 2.13. The van der Waals surface area contributed by atoms with Crippen molar-refractivity contribution >= 4 is 0 Å². The van der Waals surface area contributed by atoms with Gasteiger partial charge in [-0.05, 0) is 40.3 Å². The smallest absolute Gasteiger partial charge is 0.0481 e. The van der Waals surface area contributed by atoms with Crippen LogP contribution < -0.4 is 5.32 Å². The van der Waals surface area contributed by atoms with Gasteiger partial charge in [0.25, 0.3) is 0 Å². The van der Waals surface area contributed by atoms with Crippen LogP contribution in [0.2, 0.25) is 0 Å². The van der Waals surface area contributed by atoms with Crippen LogP contribution in [0.1, 0.15) is 59.8 Å². The first-order chi connectivity index (χ1) is 7.02. The lowest BCUT2D eigenvalue weighted by Crippen LogP contribution is -2.44. The Balaban J connectivity index is 3.44. The summed E-state index contributed by atoms with van der Waals surface area (Å²) in [5.41, 5.74) is 0.275. The zero-order chi connectivity index (χ0) is 11.7. The van der Waals surface area contributed by atoms with E-state index >= 15 is 0 Å². The Kier molecular flexibility index (Phi) is 8.07. The van der Waals surface area contributed by atoms with Crippen LogP contribution in [-0.4, -0.2) is 30.7 Å². The van der Waals surface area contributed by atoms with E-state index in [0.29, 0.717) is 0 Å². The summed E-state index contributed by atoms with van der Waals surface area (Å²) in [6.45, 7) is 11.2. The molecule has 0 heterocycles. The molecule has 2 heteroatoms. The van der Waals surface area contributed by atoms with Gasteiger partial charge in [0.2, 0.25) is 0 Å². The molecule has 0 aromatic carbocycles. The summed E-state index contributed by atoms with van der Waals surface area (Å²) in [6.07, 6.45) is 6.58. The van der Waals surface area contributed by atoms with Gasteiger partial charge in [-0.1, -0.05) is 33.1 Å². The van der Waals surface area contributed by atoms with Crippen molar-refractivity contribution in [3.8, 4) is 0 Å². The molecule has 0 bridgehead atoms. The summed E-state index contributed by atoms with van der Waals surface area (Å²) in [5, 5.41) is 3.58. The van der Waals surface area contributed by atoms with Crippen molar-refractivity contribution in [3.05, 3.63) is 0 Å². The average Bonchev–Trinajstić information content (AvgIpc) is 2.22. The quantitative estimate of drug-likeness (QED) is 0.468. The molecule has 0 saturated carbocycles. The Bertz CT molecular complexity index is 143. The number of hydrogen-bond donors (Lipinski definition) is 1. The second-order valence-electron chi connectivity index (χ2n) is 5.21. The van der Waals surface area contributed by atoms with E-state index in [2.05, 4.69) is 45.0 Å². The Labute approximate surface area is 96.4 Å². The molecule has 0 rings (SSSR count). The molecule has 0 aliphatic rings. The van der Waals surface area contributed by atoms with Crippen LogP contribution in [0, 0.1) is 0 Å². The molecule has 0 spiro atoms. The SMILES string of the molecule is CCCCCCN(C)CNC(C)(C)CC. The largest absolute Gasteiger partial charge is 0.299 e. The monoisotopic (exact) mass is 214 g/mol. The Morgan fingerprint density at radius 3 is 2.27 bits per heavy atom. The van der Waals surface area contributed by atoms with Crippen LogP contribution in [-0.2, 0) is 0 Å². The molecule has 0 aromatic heterocycles. The predicted octanol–water partition coefficient (Wildman–Crippen LogP) is 3.23. The third-order valence-electron chi connectivity index (χ3n) is 3.10. The van der Waals surface area contributed by atoms with E-state index in [4.69, 9.17) is 0 Å². The van der Waals surface area contributed by atoms with E-state index in [9.17, 15) is 0 Å².